The second-order valence-corrected chi connectivity index (χ2v) is 8.00. The van der Waals surface area contributed by atoms with Gasteiger partial charge in [0.15, 0.2) is 5.96 Å². The van der Waals surface area contributed by atoms with Gasteiger partial charge in [0.25, 0.3) is 0 Å². The summed E-state index contributed by atoms with van der Waals surface area (Å²) in [6, 6.07) is 7.04. The summed E-state index contributed by atoms with van der Waals surface area (Å²) in [6.07, 6.45) is 8.45. The summed E-state index contributed by atoms with van der Waals surface area (Å²) >= 11 is 0. The lowest BCUT2D eigenvalue weighted by atomic mass is 9.73. The van der Waals surface area contributed by atoms with E-state index in [0.717, 1.165) is 44.3 Å². The van der Waals surface area contributed by atoms with Gasteiger partial charge in [-0.05, 0) is 38.7 Å². The third-order valence-corrected chi connectivity index (χ3v) is 6.14. The third kappa shape index (κ3) is 5.75. The van der Waals surface area contributed by atoms with Gasteiger partial charge >= 0.3 is 0 Å². The molecule has 0 unspecified atom stereocenters. The van der Waals surface area contributed by atoms with Crippen LogP contribution in [-0.2, 0) is 10.2 Å². The van der Waals surface area contributed by atoms with E-state index < -0.39 is 0 Å². The smallest absolute Gasteiger partial charge is 0.191 e. The molecule has 3 rings (SSSR count). The first kappa shape index (κ1) is 23.3. The van der Waals surface area contributed by atoms with Crippen LogP contribution in [-0.4, -0.2) is 45.9 Å². The number of hydrogen-bond acceptors (Lipinski definition) is 3. The number of halogens is 1. The van der Waals surface area contributed by atoms with Crippen LogP contribution in [0.3, 0.4) is 0 Å². The molecule has 2 aliphatic rings. The Labute approximate surface area is 187 Å². The third-order valence-electron chi connectivity index (χ3n) is 6.14. The van der Waals surface area contributed by atoms with Crippen molar-refractivity contribution in [1.29, 1.82) is 0 Å². The number of guanidine groups is 1. The summed E-state index contributed by atoms with van der Waals surface area (Å²) in [4.78, 5) is 4.48. The molecular formula is C22H36IN3O2. The minimum absolute atomic E-state index is 0. The van der Waals surface area contributed by atoms with Crippen LogP contribution in [0.2, 0.25) is 0 Å². The van der Waals surface area contributed by atoms with Crippen molar-refractivity contribution in [3.8, 4) is 5.75 Å². The van der Waals surface area contributed by atoms with E-state index in [2.05, 4.69) is 40.7 Å². The summed E-state index contributed by atoms with van der Waals surface area (Å²) in [5.41, 5.74) is 2.55. The highest BCUT2D eigenvalue weighted by molar-refractivity contribution is 14.0. The van der Waals surface area contributed by atoms with E-state index in [1.54, 1.807) is 7.11 Å². The van der Waals surface area contributed by atoms with Gasteiger partial charge in [-0.1, -0.05) is 37.0 Å². The fourth-order valence-corrected chi connectivity index (χ4v) is 4.43. The quantitative estimate of drug-likeness (QED) is 0.362. The molecule has 0 radical (unpaired) electrons. The molecule has 1 aromatic rings. The Bertz CT molecular complexity index is 639. The van der Waals surface area contributed by atoms with Crippen LogP contribution in [0.5, 0.6) is 5.75 Å². The van der Waals surface area contributed by atoms with Crippen LogP contribution in [0, 0.1) is 6.92 Å². The van der Waals surface area contributed by atoms with E-state index in [4.69, 9.17) is 9.47 Å². The molecule has 1 saturated heterocycles. The highest BCUT2D eigenvalue weighted by atomic mass is 127. The van der Waals surface area contributed by atoms with Crippen LogP contribution in [0.4, 0.5) is 0 Å². The zero-order chi connectivity index (χ0) is 19.1. The molecule has 2 N–H and O–H groups in total. The highest BCUT2D eigenvalue weighted by Gasteiger charge is 2.37. The second kappa shape index (κ2) is 11.2. The number of aryl methyl sites for hydroxylation is 1. The maximum atomic E-state index is 5.72. The van der Waals surface area contributed by atoms with Crippen molar-refractivity contribution in [3.63, 3.8) is 0 Å². The number of nitrogens with zero attached hydrogens (tertiary/aromatic N) is 1. The first-order valence-electron chi connectivity index (χ1n) is 10.4. The molecular weight excluding hydrogens is 465 g/mol. The molecule has 2 fully saturated rings. The summed E-state index contributed by atoms with van der Waals surface area (Å²) in [6.45, 7) is 4.55. The van der Waals surface area contributed by atoms with Crippen LogP contribution < -0.4 is 15.4 Å². The Morgan fingerprint density at radius 2 is 1.93 bits per heavy atom. The number of aliphatic imine (C=N–C) groups is 1. The summed E-state index contributed by atoms with van der Waals surface area (Å²) < 4.78 is 11.4. The first-order valence-corrected chi connectivity index (χ1v) is 10.4. The summed E-state index contributed by atoms with van der Waals surface area (Å²) in [5.74, 6) is 1.89. The normalized spacial score (nSPS) is 20.2. The lowest BCUT2D eigenvalue weighted by molar-refractivity contribution is 0.0505. The predicted molar refractivity (Wildman–Crippen MR) is 126 cm³/mol. The minimum atomic E-state index is -0.000200. The summed E-state index contributed by atoms with van der Waals surface area (Å²) in [5, 5.41) is 7.25. The van der Waals surface area contributed by atoms with Crippen LogP contribution in [0.1, 0.15) is 56.1 Å². The molecule has 5 nitrogen and oxygen atoms in total. The maximum Gasteiger partial charge on any atom is 0.191 e. The fourth-order valence-electron chi connectivity index (χ4n) is 4.43. The fraction of sp³-hybridized carbons (Fsp3) is 0.682. The van der Waals surface area contributed by atoms with E-state index in [-0.39, 0.29) is 29.4 Å². The molecule has 0 amide bonds. The lowest BCUT2D eigenvalue weighted by Gasteiger charge is -2.39. The van der Waals surface area contributed by atoms with Crippen LogP contribution in [0.15, 0.2) is 23.2 Å². The predicted octanol–water partition coefficient (Wildman–Crippen LogP) is 4.17. The van der Waals surface area contributed by atoms with E-state index >= 15 is 0 Å². The average molecular weight is 501 g/mol. The molecule has 0 spiro atoms. The Balaban J connectivity index is 0.00000280. The second-order valence-electron chi connectivity index (χ2n) is 8.00. The van der Waals surface area contributed by atoms with E-state index in [1.165, 1.54) is 43.2 Å². The van der Waals surface area contributed by atoms with Gasteiger partial charge in [0.1, 0.15) is 5.75 Å². The number of nitrogens with one attached hydrogen (secondary N) is 2. The minimum Gasteiger partial charge on any atom is -0.496 e. The Morgan fingerprint density at radius 1 is 1.21 bits per heavy atom. The maximum absolute atomic E-state index is 5.72. The summed E-state index contributed by atoms with van der Waals surface area (Å²) in [7, 11) is 3.63. The molecule has 28 heavy (non-hydrogen) atoms. The number of ether oxygens (including phenoxy) is 2. The van der Waals surface area contributed by atoms with E-state index in [9.17, 15) is 0 Å². The van der Waals surface area contributed by atoms with Gasteiger partial charge in [0.2, 0.25) is 0 Å². The van der Waals surface area contributed by atoms with Crippen molar-refractivity contribution in [2.24, 2.45) is 4.99 Å². The lowest BCUT2D eigenvalue weighted by Crippen LogP contribution is -2.50. The molecule has 0 aromatic heterocycles. The Morgan fingerprint density at radius 3 is 2.57 bits per heavy atom. The van der Waals surface area contributed by atoms with E-state index in [0.29, 0.717) is 6.04 Å². The van der Waals surface area contributed by atoms with Crippen molar-refractivity contribution >= 4 is 29.9 Å². The molecule has 0 atom stereocenters. The number of hydrogen-bond donors (Lipinski definition) is 2. The van der Waals surface area contributed by atoms with Crippen molar-refractivity contribution in [2.75, 3.05) is 33.9 Å². The van der Waals surface area contributed by atoms with Crippen LogP contribution in [0.25, 0.3) is 0 Å². The monoisotopic (exact) mass is 501 g/mol. The molecule has 1 aliphatic heterocycles. The molecule has 1 aromatic carbocycles. The van der Waals surface area contributed by atoms with Crippen molar-refractivity contribution in [3.05, 3.63) is 29.3 Å². The first-order chi connectivity index (χ1) is 13.2. The van der Waals surface area contributed by atoms with Gasteiger partial charge in [0, 0.05) is 43.8 Å². The van der Waals surface area contributed by atoms with Crippen molar-refractivity contribution in [1.82, 2.24) is 10.6 Å². The number of benzene rings is 1. The van der Waals surface area contributed by atoms with Gasteiger partial charge < -0.3 is 20.1 Å². The average Bonchev–Trinajstić information content (AvgIpc) is 2.72. The largest absolute Gasteiger partial charge is 0.496 e. The SMILES string of the molecule is CN=C(NCC1(c2cc(C)ccc2OC)CCOCC1)NC1CCCCC1.I. The highest BCUT2D eigenvalue weighted by Crippen LogP contribution is 2.40. The molecule has 6 heteroatoms. The molecule has 1 saturated carbocycles. The number of rotatable bonds is 5. The number of methoxy groups -OCH3 is 1. The van der Waals surface area contributed by atoms with Crippen molar-refractivity contribution in [2.45, 2.75) is 63.3 Å². The topological polar surface area (TPSA) is 54.9 Å². The molecule has 1 aliphatic carbocycles. The van der Waals surface area contributed by atoms with Gasteiger partial charge in [-0.15, -0.1) is 24.0 Å². The molecule has 0 bridgehead atoms. The van der Waals surface area contributed by atoms with Gasteiger partial charge in [-0.25, -0.2) is 0 Å². The molecule has 158 valence electrons. The standard InChI is InChI=1S/C22H35N3O2.HI/c1-17-9-10-20(26-3)19(15-17)22(11-13-27-14-12-22)16-24-21(23-2)25-18-7-5-4-6-8-18;/h9-10,15,18H,4-8,11-14,16H2,1-3H3,(H2,23,24,25);1H. The zero-order valence-corrected chi connectivity index (χ0v) is 19.9. The van der Waals surface area contributed by atoms with Crippen LogP contribution >= 0.6 is 24.0 Å². The Hall–Kier alpha value is -1.02. The van der Waals surface area contributed by atoms with Gasteiger partial charge in [-0.2, -0.15) is 0 Å². The zero-order valence-electron chi connectivity index (χ0n) is 17.6. The van der Waals surface area contributed by atoms with E-state index in [1.807, 2.05) is 7.05 Å². The van der Waals surface area contributed by atoms with Gasteiger partial charge in [0.05, 0.1) is 7.11 Å². The van der Waals surface area contributed by atoms with Gasteiger partial charge in [-0.3, -0.25) is 4.99 Å². The van der Waals surface area contributed by atoms with Crippen molar-refractivity contribution < 1.29 is 9.47 Å². The Kier molecular flexibility index (Phi) is 9.34. The molecule has 1 heterocycles.